The molecule has 0 aliphatic carbocycles. The molecule has 2 fully saturated rings. The normalized spacial score (nSPS) is 17.8. The summed E-state index contributed by atoms with van der Waals surface area (Å²) in [7, 11) is 2.13. The van der Waals surface area contributed by atoms with Crippen molar-refractivity contribution < 1.29 is 38.1 Å². The largest absolute Gasteiger partial charge is 0.491 e. The molecule has 14 heteroatoms. The Morgan fingerprint density at radius 3 is 2.22 bits per heavy atom. The molecule has 0 radical (unpaired) electrons. The lowest BCUT2D eigenvalue weighted by molar-refractivity contribution is -0.136. The van der Waals surface area contributed by atoms with Crippen LogP contribution in [0.15, 0.2) is 61.4 Å². The number of piperidine rings is 1. The summed E-state index contributed by atoms with van der Waals surface area (Å²) in [4.78, 5) is 47.7. The average molecular weight is 755 g/mol. The van der Waals surface area contributed by atoms with E-state index in [4.69, 9.17) is 23.7 Å². The zero-order valence-corrected chi connectivity index (χ0v) is 31.5. The van der Waals surface area contributed by atoms with Gasteiger partial charge in [0.1, 0.15) is 18.4 Å². The maximum Gasteiger partial charge on any atom is 0.259 e. The van der Waals surface area contributed by atoms with Crippen LogP contribution in [0.3, 0.4) is 0 Å². The van der Waals surface area contributed by atoms with E-state index in [0.29, 0.717) is 75.4 Å². The SMILES string of the molecule is C=C1c2ccc(OCCOCCOCCOCCOCCCN3CCN(c4ccc5c6cnccc6n(C)c5c4)CC3)cc2C(=O)N1C1CCC(=O)NC1=O. The third-order valence-electron chi connectivity index (χ3n) is 10.5. The van der Waals surface area contributed by atoms with Crippen molar-refractivity contribution in [2.24, 2.45) is 7.05 Å². The number of imide groups is 1. The monoisotopic (exact) mass is 754 g/mol. The molecule has 1 unspecified atom stereocenters. The molecule has 0 spiro atoms. The number of amides is 3. The van der Waals surface area contributed by atoms with E-state index in [0.717, 1.165) is 45.8 Å². The predicted octanol–water partition coefficient (Wildman–Crippen LogP) is 3.62. The van der Waals surface area contributed by atoms with Crippen LogP contribution in [0.25, 0.3) is 27.5 Å². The smallest absolute Gasteiger partial charge is 0.259 e. The molecule has 1 N–H and O–H groups in total. The highest BCUT2D eigenvalue weighted by Crippen LogP contribution is 2.37. The number of nitrogens with one attached hydrogen (secondary N) is 1. The molecule has 3 amide bonds. The molecule has 0 saturated carbocycles. The molecule has 1 atom stereocenters. The second-order valence-corrected chi connectivity index (χ2v) is 13.9. The van der Waals surface area contributed by atoms with Crippen molar-refractivity contribution in [1.82, 2.24) is 24.7 Å². The Bertz CT molecular complexity index is 2010. The Balaban J connectivity index is 0.670. The second-order valence-electron chi connectivity index (χ2n) is 13.9. The summed E-state index contributed by atoms with van der Waals surface area (Å²) >= 11 is 0. The molecule has 14 nitrogen and oxygen atoms in total. The van der Waals surface area contributed by atoms with Gasteiger partial charge in [0, 0.05) is 92.9 Å². The first-order valence-electron chi connectivity index (χ1n) is 19.1. The van der Waals surface area contributed by atoms with Crippen LogP contribution in [0.2, 0.25) is 0 Å². The second kappa shape index (κ2) is 18.2. The van der Waals surface area contributed by atoms with Crippen molar-refractivity contribution in [2.75, 3.05) is 97.1 Å². The van der Waals surface area contributed by atoms with Gasteiger partial charge in [0.15, 0.2) is 0 Å². The van der Waals surface area contributed by atoms with E-state index in [1.54, 1.807) is 18.2 Å². The number of nitrogens with zero attached hydrogens (tertiary/aromatic N) is 5. The number of pyridine rings is 1. The summed E-state index contributed by atoms with van der Waals surface area (Å²) < 4.78 is 30.6. The number of ether oxygens (including phenoxy) is 5. The molecule has 7 rings (SSSR count). The fourth-order valence-corrected chi connectivity index (χ4v) is 7.52. The number of rotatable bonds is 19. The van der Waals surface area contributed by atoms with Crippen LogP contribution < -0.4 is 15.0 Å². The van der Waals surface area contributed by atoms with Crippen LogP contribution in [-0.2, 0) is 35.6 Å². The van der Waals surface area contributed by atoms with Crippen LogP contribution in [-0.4, -0.2) is 135 Å². The van der Waals surface area contributed by atoms with Gasteiger partial charge in [-0.25, -0.2) is 0 Å². The summed E-state index contributed by atoms with van der Waals surface area (Å²) in [6, 6.07) is 13.3. The van der Waals surface area contributed by atoms with Gasteiger partial charge in [-0.1, -0.05) is 12.6 Å². The van der Waals surface area contributed by atoms with E-state index in [1.165, 1.54) is 32.4 Å². The van der Waals surface area contributed by atoms with Crippen LogP contribution in [0.5, 0.6) is 5.75 Å². The molecule has 292 valence electrons. The maximum absolute atomic E-state index is 13.1. The van der Waals surface area contributed by atoms with Crippen molar-refractivity contribution in [3.63, 3.8) is 0 Å². The summed E-state index contributed by atoms with van der Waals surface area (Å²) in [5, 5.41) is 4.75. The molecule has 5 heterocycles. The first-order chi connectivity index (χ1) is 26.9. The van der Waals surface area contributed by atoms with Gasteiger partial charge in [-0.15, -0.1) is 0 Å². The van der Waals surface area contributed by atoms with Gasteiger partial charge in [0.2, 0.25) is 11.8 Å². The lowest BCUT2D eigenvalue weighted by Gasteiger charge is -2.36. The quantitative estimate of drug-likeness (QED) is 0.111. The Labute approximate surface area is 320 Å². The third-order valence-corrected chi connectivity index (χ3v) is 10.5. The predicted molar refractivity (Wildman–Crippen MR) is 208 cm³/mol. The Kier molecular flexibility index (Phi) is 12.7. The van der Waals surface area contributed by atoms with Crippen molar-refractivity contribution in [3.8, 4) is 5.75 Å². The van der Waals surface area contributed by atoms with Crippen LogP contribution >= 0.6 is 0 Å². The molecular formula is C41H50N6O8. The van der Waals surface area contributed by atoms with Crippen molar-refractivity contribution in [3.05, 3.63) is 72.6 Å². The fourth-order valence-electron chi connectivity index (χ4n) is 7.52. The molecule has 3 aliphatic rings. The number of piperazine rings is 1. The highest BCUT2D eigenvalue weighted by molar-refractivity contribution is 6.13. The Morgan fingerprint density at radius 2 is 1.49 bits per heavy atom. The highest BCUT2D eigenvalue weighted by Gasteiger charge is 2.41. The number of fused-ring (bicyclic) bond motifs is 4. The topological polar surface area (TPSA) is 137 Å². The average Bonchev–Trinajstić information content (AvgIpc) is 3.62. The molecule has 3 aliphatic heterocycles. The van der Waals surface area contributed by atoms with E-state index >= 15 is 0 Å². The molecule has 0 bridgehead atoms. The highest BCUT2D eigenvalue weighted by atomic mass is 16.6. The van der Waals surface area contributed by atoms with E-state index in [-0.39, 0.29) is 24.7 Å². The number of aryl methyl sites for hydroxylation is 1. The minimum Gasteiger partial charge on any atom is -0.491 e. The van der Waals surface area contributed by atoms with Gasteiger partial charge in [-0.2, -0.15) is 0 Å². The van der Waals surface area contributed by atoms with Gasteiger partial charge in [0.05, 0.1) is 62.8 Å². The number of benzene rings is 2. The van der Waals surface area contributed by atoms with E-state index in [2.05, 4.69) is 62.6 Å². The van der Waals surface area contributed by atoms with Crippen molar-refractivity contribution >= 4 is 50.9 Å². The van der Waals surface area contributed by atoms with Crippen molar-refractivity contribution in [2.45, 2.75) is 25.3 Å². The molecule has 4 aromatic rings. The molecule has 55 heavy (non-hydrogen) atoms. The van der Waals surface area contributed by atoms with Crippen molar-refractivity contribution in [1.29, 1.82) is 0 Å². The number of aromatic nitrogens is 2. The lowest BCUT2D eigenvalue weighted by Crippen LogP contribution is -2.52. The Hall–Kier alpha value is -4.86. The number of hydrogen-bond acceptors (Lipinski definition) is 11. The molecule has 2 saturated heterocycles. The van der Waals surface area contributed by atoms with Crippen LogP contribution in [0.4, 0.5) is 5.69 Å². The van der Waals surface area contributed by atoms with Crippen LogP contribution in [0, 0.1) is 0 Å². The van der Waals surface area contributed by atoms with Crippen LogP contribution in [0.1, 0.15) is 35.2 Å². The van der Waals surface area contributed by atoms with E-state index in [9.17, 15) is 14.4 Å². The lowest BCUT2D eigenvalue weighted by atomic mass is 10.0. The van der Waals surface area contributed by atoms with Gasteiger partial charge >= 0.3 is 0 Å². The molecule has 2 aromatic heterocycles. The van der Waals surface area contributed by atoms with E-state index in [1.807, 2.05) is 12.4 Å². The van der Waals surface area contributed by atoms with Gasteiger partial charge in [0.25, 0.3) is 5.91 Å². The van der Waals surface area contributed by atoms with Gasteiger partial charge in [-0.3, -0.25) is 34.5 Å². The molecule has 2 aromatic carbocycles. The summed E-state index contributed by atoms with van der Waals surface area (Å²) in [5.41, 5.74) is 5.24. The summed E-state index contributed by atoms with van der Waals surface area (Å²) in [6.07, 6.45) is 5.25. The summed E-state index contributed by atoms with van der Waals surface area (Å²) in [5.74, 6) is -0.625. The first kappa shape index (κ1) is 38.4. The minimum atomic E-state index is -0.756. The van der Waals surface area contributed by atoms with E-state index < -0.39 is 11.9 Å². The first-order valence-corrected chi connectivity index (χ1v) is 19.1. The maximum atomic E-state index is 13.1. The molecular weight excluding hydrogens is 704 g/mol. The standard InChI is InChI=1S/C41H50N6O8/c1-29-32-7-5-31(27-34(32)41(50)47(29)37-8-9-39(48)43-40(37)49)55-25-24-54-23-22-53-21-20-52-19-18-51-17-3-12-45-13-15-46(16-14-45)30-4-6-33-35-28-42-11-10-36(35)44(2)38(33)26-30/h4-7,10-11,26-28,37H,1,3,8-9,12-25H2,2H3,(H,43,48,49). The minimum absolute atomic E-state index is 0.180. The summed E-state index contributed by atoms with van der Waals surface area (Å²) in [6.45, 7) is 13.5. The number of hydrogen-bond donors (Lipinski definition) is 1. The fraction of sp³-hybridized carbons (Fsp3) is 0.463. The third kappa shape index (κ3) is 9.00. The van der Waals surface area contributed by atoms with Gasteiger partial charge in [-0.05, 0) is 49.2 Å². The Morgan fingerprint density at radius 1 is 0.782 bits per heavy atom. The zero-order valence-electron chi connectivity index (χ0n) is 31.5. The zero-order chi connectivity index (χ0) is 38.1. The van der Waals surface area contributed by atoms with Gasteiger partial charge < -0.3 is 33.2 Å². The number of anilines is 1. The number of carbonyl (C=O) groups excluding carboxylic acids is 3. The number of carbonyl (C=O) groups is 3.